The molecule has 0 bridgehead atoms. The highest BCUT2D eigenvalue weighted by Gasteiger charge is 2.37. The second-order valence-corrected chi connectivity index (χ2v) is 6.95. The number of nitrogens with zero attached hydrogens (tertiary/aromatic N) is 4. The number of alkyl halides is 6. The molecule has 0 radical (unpaired) electrons. The minimum atomic E-state index is -4.96. The Morgan fingerprint density at radius 1 is 1.00 bits per heavy atom. The topological polar surface area (TPSA) is 58.6 Å². The number of hydrogen-bond donors (Lipinski definition) is 0. The molecule has 6 nitrogen and oxygen atoms in total. The first-order chi connectivity index (χ1) is 14.4. The highest BCUT2D eigenvalue weighted by molar-refractivity contribution is 5.93. The summed E-state index contributed by atoms with van der Waals surface area (Å²) in [6, 6.07) is 1.23. The highest BCUT2D eigenvalue weighted by Crippen LogP contribution is 2.36. The van der Waals surface area contributed by atoms with E-state index in [0.29, 0.717) is 44.4 Å². The number of carbonyl (C=O) groups excluding carboxylic acids is 1. The molecule has 3 rings (SSSR count). The number of rotatable bonds is 4. The van der Waals surface area contributed by atoms with E-state index in [1.165, 1.54) is 19.4 Å². The Morgan fingerprint density at radius 3 is 2.00 bits per heavy atom. The summed E-state index contributed by atoms with van der Waals surface area (Å²) in [6.07, 6.45) is -7.38. The molecule has 168 valence electrons. The molecular formula is C19H18F6N4O2. The van der Waals surface area contributed by atoms with Gasteiger partial charge < -0.3 is 14.5 Å². The Morgan fingerprint density at radius 2 is 1.52 bits per heavy atom. The van der Waals surface area contributed by atoms with E-state index in [-0.39, 0.29) is 17.2 Å². The zero-order valence-corrected chi connectivity index (χ0v) is 16.3. The molecule has 0 unspecified atom stereocenters. The average molecular weight is 448 g/mol. The molecule has 31 heavy (non-hydrogen) atoms. The largest absolute Gasteiger partial charge is 0.416 e. The van der Waals surface area contributed by atoms with Crippen LogP contribution in [0.5, 0.6) is 0 Å². The van der Waals surface area contributed by atoms with Crippen molar-refractivity contribution in [1.29, 1.82) is 0 Å². The van der Waals surface area contributed by atoms with Gasteiger partial charge in [0.2, 0.25) is 5.95 Å². The molecule has 2 heterocycles. The smallest absolute Gasteiger partial charge is 0.378 e. The molecular weight excluding hydrogens is 430 g/mol. The van der Waals surface area contributed by atoms with E-state index >= 15 is 0 Å². The van der Waals surface area contributed by atoms with Crippen molar-refractivity contribution in [3.05, 3.63) is 52.8 Å². The van der Waals surface area contributed by atoms with Crippen LogP contribution in [0.3, 0.4) is 0 Å². The van der Waals surface area contributed by atoms with Gasteiger partial charge in [-0.3, -0.25) is 4.79 Å². The summed E-state index contributed by atoms with van der Waals surface area (Å²) < 4.78 is 83.3. The van der Waals surface area contributed by atoms with E-state index in [0.717, 1.165) is 4.90 Å². The summed E-state index contributed by atoms with van der Waals surface area (Å²) in [4.78, 5) is 23.7. The minimum absolute atomic E-state index is 0.0452. The van der Waals surface area contributed by atoms with Crippen LogP contribution >= 0.6 is 0 Å². The SMILES string of the molecule is CN(Cc1cc(C(F)(F)F)cc(C(F)(F)F)c1)C(=O)c1cnc(N2CCOCC2)nc1. The summed E-state index contributed by atoms with van der Waals surface area (Å²) in [6.45, 7) is 1.75. The molecule has 1 amide bonds. The molecule has 0 spiro atoms. The predicted octanol–water partition coefficient (Wildman–Crippen LogP) is 3.62. The molecule has 2 aromatic rings. The van der Waals surface area contributed by atoms with Crippen LogP contribution in [0.15, 0.2) is 30.6 Å². The number of halogens is 6. The third-order valence-electron chi connectivity index (χ3n) is 4.59. The fourth-order valence-electron chi connectivity index (χ4n) is 3.03. The zero-order valence-electron chi connectivity index (χ0n) is 16.3. The van der Waals surface area contributed by atoms with E-state index in [1.807, 2.05) is 4.90 Å². The van der Waals surface area contributed by atoms with E-state index in [9.17, 15) is 31.1 Å². The molecule has 1 aliphatic heterocycles. The zero-order chi connectivity index (χ0) is 22.8. The standard InChI is InChI=1S/C19H18F6N4O2/c1-28(11-12-6-14(18(20,21)22)8-15(7-12)19(23,24)25)16(30)13-9-26-17(27-10-13)29-2-4-31-5-3-29/h6-10H,2-5,11H2,1H3. The van der Waals surface area contributed by atoms with Crippen molar-refractivity contribution in [3.63, 3.8) is 0 Å². The van der Waals surface area contributed by atoms with Crippen molar-refractivity contribution in [3.8, 4) is 0 Å². The van der Waals surface area contributed by atoms with Crippen LogP contribution in [0.4, 0.5) is 32.3 Å². The summed E-state index contributed by atoms with van der Waals surface area (Å²) >= 11 is 0. The number of benzene rings is 1. The van der Waals surface area contributed by atoms with Gasteiger partial charge in [-0.25, -0.2) is 9.97 Å². The molecule has 1 fully saturated rings. The van der Waals surface area contributed by atoms with E-state index in [2.05, 4.69) is 9.97 Å². The Labute approximate surface area is 173 Å². The van der Waals surface area contributed by atoms with Crippen molar-refractivity contribution in [1.82, 2.24) is 14.9 Å². The fourth-order valence-corrected chi connectivity index (χ4v) is 3.03. The maximum atomic E-state index is 13.0. The first-order valence-corrected chi connectivity index (χ1v) is 9.14. The van der Waals surface area contributed by atoms with Crippen LogP contribution in [0.25, 0.3) is 0 Å². The molecule has 12 heteroatoms. The lowest BCUT2D eigenvalue weighted by Gasteiger charge is -2.26. The van der Waals surface area contributed by atoms with E-state index < -0.39 is 35.9 Å². The number of amides is 1. The summed E-state index contributed by atoms with van der Waals surface area (Å²) in [5.41, 5.74) is -3.11. The van der Waals surface area contributed by atoms with Gasteiger partial charge in [0.1, 0.15) is 0 Å². The third-order valence-corrected chi connectivity index (χ3v) is 4.59. The number of ether oxygens (including phenoxy) is 1. The van der Waals surface area contributed by atoms with Crippen molar-refractivity contribution in [2.75, 3.05) is 38.3 Å². The maximum absolute atomic E-state index is 13.0. The lowest BCUT2D eigenvalue weighted by molar-refractivity contribution is -0.143. The van der Waals surface area contributed by atoms with Crippen molar-refractivity contribution < 1.29 is 35.9 Å². The molecule has 1 aromatic heterocycles. The molecule has 0 saturated carbocycles. The molecule has 0 aliphatic carbocycles. The van der Waals surface area contributed by atoms with Gasteiger partial charge in [0.05, 0.1) is 29.9 Å². The Balaban J connectivity index is 1.77. The summed E-state index contributed by atoms with van der Waals surface area (Å²) in [5.74, 6) is -0.241. The molecule has 1 aromatic carbocycles. The van der Waals surface area contributed by atoms with E-state index in [4.69, 9.17) is 4.74 Å². The average Bonchev–Trinajstić information content (AvgIpc) is 2.72. The summed E-state index contributed by atoms with van der Waals surface area (Å²) in [5, 5.41) is 0. The van der Waals surface area contributed by atoms with Crippen molar-refractivity contribution in [2.24, 2.45) is 0 Å². The van der Waals surface area contributed by atoms with Crippen LogP contribution in [0.1, 0.15) is 27.0 Å². The highest BCUT2D eigenvalue weighted by atomic mass is 19.4. The van der Waals surface area contributed by atoms with Crippen LogP contribution in [0.2, 0.25) is 0 Å². The fraction of sp³-hybridized carbons (Fsp3) is 0.421. The van der Waals surface area contributed by atoms with Crippen LogP contribution in [-0.2, 0) is 23.6 Å². The normalized spacial score (nSPS) is 15.1. The number of hydrogen-bond acceptors (Lipinski definition) is 5. The van der Waals surface area contributed by atoms with Gasteiger partial charge in [-0.15, -0.1) is 0 Å². The van der Waals surface area contributed by atoms with Gasteiger partial charge in [0.25, 0.3) is 5.91 Å². The molecule has 0 N–H and O–H groups in total. The van der Waals surface area contributed by atoms with Gasteiger partial charge in [-0.2, -0.15) is 26.3 Å². The quantitative estimate of drug-likeness (QED) is 0.669. The lowest BCUT2D eigenvalue weighted by atomic mass is 10.0. The van der Waals surface area contributed by atoms with Crippen LogP contribution in [-0.4, -0.2) is 54.1 Å². The second kappa shape index (κ2) is 8.69. The van der Waals surface area contributed by atoms with Gasteiger partial charge >= 0.3 is 12.4 Å². The second-order valence-electron chi connectivity index (χ2n) is 6.95. The number of aromatic nitrogens is 2. The molecule has 1 saturated heterocycles. The molecule has 1 aliphatic rings. The van der Waals surface area contributed by atoms with Gasteiger partial charge in [-0.05, 0) is 23.8 Å². The van der Waals surface area contributed by atoms with Gasteiger partial charge in [0, 0.05) is 39.1 Å². The monoisotopic (exact) mass is 448 g/mol. The van der Waals surface area contributed by atoms with Crippen LogP contribution in [0, 0.1) is 0 Å². The number of anilines is 1. The van der Waals surface area contributed by atoms with E-state index in [1.54, 1.807) is 0 Å². The Kier molecular flexibility index (Phi) is 6.39. The Hall–Kier alpha value is -2.89. The first-order valence-electron chi connectivity index (χ1n) is 9.14. The van der Waals surface area contributed by atoms with Crippen molar-refractivity contribution >= 4 is 11.9 Å². The molecule has 0 atom stereocenters. The lowest BCUT2D eigenvalue weighted by Crippen LogP contribution is -2.37. The van der Waals surface area contributed by atoms with Crippen LogP contribution < -0.4 is 4.90 Å². The number of carbonyl (C=O) groups is 1. The maximum Gasteiger partial charge on any atom is 0.416 e. The first kappa shape index (κ1) is 22.8. The minimum Gasteiger partial charge on any atom is -0.378 e. The van der Waals surface area contributed by atoms with Gasteiger partial charge in [-0.1, -0.05) is 0 Å². The van der Waals surface area contributed by atoms with Crippen molar-refractivity contribution in [2.45, 2.75) is 18.9 Å². The summed E-state index contributed by atoms with van der Waals surface area (Å²) in [7, 11) is 1.27. The predicted molar refractivity (Wildman–Crippen MR) is 97.3 cm³/mol. The number of morpholine rings is 1. The third kappa shape index (κ3) is 5.63. The van der Waals surface area contributed by atoms with Gasteiger partial charge in [0.15, 0.2) is 0 Å². The Bertz CT molecular complexity index is 892.